The van der Waals surface area contributed by atoms with Crippen molar-refractivity contribution < 1.29 is 19.1 Å². The molecule has 2 aromatic carbocycles. The van der Waals surface area contributed by atoms with E-state index in [1.807, 2.05) is 0 Å². The molecule has 8 nitrogen and oxygen atoms in total. The predicted octanol–water partition coefficient (Wildman–Crippen LogP) is 3.92. The number of nitrogens with zero attached hydrogens (tertiary/aromatic N) is 1. The fourth-order valence-electron chi connectivity index (χ4n) is 2.40. The number of aromatic nitrogens is 1. The first-order valence-corrected chi connectivity index (χ1v) is 8.78. The number of ether oxygens (including phenoxy) is 2. The molecule has 0 atom stereocenters. The van der Waals surface area contributed by atoms with Gasteiger partial charge in [-0.2, -0.15) is 0 Å². The summed E-state index contributed by atoms with van der Waals surface area (Å²) in [6.45, 7) is 1.43. The third-order valence-electron chi connectivity index (χ3n) is 3.58. The van der Waals surface area contributed by atoms with Crippen LogP contribution in [0.2, 0.25) is 0 Å². The van der Waals surface area contributed by atoms with Gasteiger partial charge < -0.3 is 25.4 Å². The average molecular weight is 386 g/mol. The van der Waals surface area contributed by atoms with E-state index in [1.165, 1.54) is 25.4 Å². The number of benzene rings is 2. The zero-order chi connectivity index (χ0) is 19.4. The van der Waals surface area contributed by atoms with Crippen molar-refractivity contribution in [3.63, 3.8) is 0 Å². The van der Waals surface area contributed by atoms with Gasteiger partial charge in [-0.15, -0.1) is 0 Å². The first kappa shape index (κ1) is 18.5. The number of thiazole rings is 1. The minimum absolute atomic E-state index is 0.181. The van der Waals surface area contributed by atoms with Gasteiger partial charge in [-0.25, -0.2) is 9.78 Å². The number of methoxy groups -OCH3 is 2. The second kappa shape index (κ2) is 7.92. The van der Waals surface area contributed by atoms with E-state index in [2.05, 4.69) is 20.9 Å². The summed E-state index contributed by atoms with van der Waals surface area (Å²) in [5.74, 6) is 0.936. The van der Waals surface area contributed by atoms with Crippen LogP contribution < -0.4 is 25.4 Å². The number of carbonyl (C=O) groups is 2. The molecule has 0 saturated carbocycles. The molecule has 0 bridgehead atoms. The van der Waals surface area contributed by atoms with E-state index in [1.54, 1.807) is 43.5 Å². The number of urea groups is 1. The Kier molecular flexibility index (Phi) is 5.41. The van der Waals surface area contributed by atoms with Gasteiger partial charge in [0.2, 0.25) is 5.91 Å². The molecule has 0 spiro atoms. The van der Waals surface area contributed by atoms with Crippen molar-refractivity contribution in [2.75, 3.05) is 30.2 Å². The monoisotopic (exact) mass is 386 g/mol. The Balaban J connectivity index is 1.75. The van der Waals surface area contributed by atoms with Gasteiger partial charge in [0.15, 0.2) is 5.13 Å². The molecule has 0 aliphatic carbocycles. The second-order valence-electron chi connectivity index (χ2n) is 5.53. The largest absolute Gasteiger partial charge is 0.497 e. The van der Waals surface area contributed by atoms with E-state index < -0.39 is 6.03 Å². The Morgan fingerprint density at radius 1 is 1.00 bits per heavy atom. The van der Waals surface area contributed by atoms with Crippen LogP contribution in [0, 0.1) is 0 Å². The number of hydrogen-bond donors (Lipinski definition) is 3. The lowest BCUT2D eigenvalue weighted by atomic mass is 10.2. The Morgan fingerprint density at radius 3 is 2.52 bits per heavy atom. The smallest absolute Gasteiger partial charge is 0.323 e. The maximum absolute atomic E-state index is 12.3. The van der Waals surface area contributed by atoms with Gasteiger partial charge >= 0.3 is 6.03 Å². The predicted molar refractivity (Wildman–Crippen MR) is 106 cm³/mol. The van der Waals surface area contributed by atoms with Crippen LogP contribution in [0.1, 0.15) is 6.92 Å². The van der Waals surface area contributed by atoms with Crippen LogP contribution in [0.15, 0.2) is 36.4 Å². The molecule has 0 aliphatic heterocycles. The lowest BCUT2D eigenvalue weighted by molar-refractivity contribution is -0.114. The van der Waals surface area contributed by atoms with Crippen molar-refractivity contribution in [1.82, 2.24) is 4.98 Å². The summed E-state index contributed by atoms with van der Waals surface area (Å²) >= 11 is 1.33. The van der Waals surface area contributed by atoms with Gasteiger partial charge in [-0.1, -0.05) is 11.3 Å². The van der Waals surface area contributed by atoms with E-state index in [9.17, 15) is 9.59 Å². The summed E-state index contributed by atoms with van der Waals surface area (Å²) in [4.78, 5) is 27.8. The molecule has 3 aromatic rings. The van der Waals surface area contributed by atoms with Crippen molar-refractivity contribution in [2.24, 2.45) is 0 Å². The molecule has 0 radical (unpaired) electrons. The molecular formula is C18H18N4O4S. The molecule has 0 aliphatic rings. The van der Waals surface area contributed by atoms with Crippen LogP contribution in [-0.4, -0.2) is 31.1 Å². The second-order valence-corrected chi connectivity index (χ2v) is 6.56. The molecule has 1 heterocycles. The number of nitrogens with one attached hydrogen (secondary N) is 3. The minimum Gasteiger partial charge on any atom is -0.497 e. The van der Waals surface area contributed by atoms with E-state index in [4.69, 9.17) is 9.47 Å². The zero-order valence-corrected chi connectivity index (χ0v) is 15.8. The number of anilines is 3. The van der Waals surface area contributed by atoms with Crippen LogP contribution in [0.4, 0.5) is 21.3 Å². The van der Waals surface area contributed by atoms with Crippen LogP contribution in [0.25, 0.3) is 10.2 Å². The minimum atomic E-state index is -0.424. The highest BCUT2D eigenvalue weighted by Gasteiger charge is 2.11. The fourth-order valence-corrected chi connectivity index (χ4v) is 3.35. The molecule has 27 heavy (non-hydrogen) atoms. The van der Waals surface area contributed by atoms with Crippen molar-refractivity contribution >= 4 is 50.0 Å². The first-order chi connectivity index (χ1) is 13.0. The molecule has 1 aromatic heterocycles. The van der Waals surface area contributed by atoms with Crippen molar-refractivity contribution in [3.8, 4) is 11.5 Å². The lowest BCUT2D eigenvalue weighted by Crippen LogP contribution is -2.19. The Labute approximate surface area is 159 Å². The highest BCUT2D eigenvalue weighted by Crippen LogP contribution is 2.30. The molecule has 9 heteroatoms. The van der Waals surface area contributed by atoms with Gasteiger partial charge in [-0.3, -0.25) is 4.79 Å². The van der Waals surface area contributed by atoms with Crippen molar-refractivity contribution in [1.29, 1.82) is 0 Å². The molecule has 3 N–H and O–H groups in total. The van der Waals surface area contributed by atoms with E-state index in [-0.39, 0.29) is 5.91 Å². The molecule has 0 fully saturated rings. The standard InChI is InChI=1S/C18H18N4O4S/c1-10(23)19-18-22-13-6-4-11(8-16(13)27-18)20-17(24)21-14-9-12(25-2)5-7-15(14)26-3/h4-9H,1-3H3,(H,19,22,23)(H2,20,21,24). The maximum Gasteiger partial charge on any atom is 0.323 e. The molecule has 3 rings (SSSR count). The number of carbonyl (C=O) groups excluding carboxylic acids is 2. The Morgan fingerprint density at radius 2 is 1.81 bits per heavy atom. The third kappa shape index (κ3) is 4.45. The van der Waals surface area contributed by atoms with Crippen molar-refractivity contribution in [2.45, 2.75) is 6.92 Å². The van der Waals surface area contributed by atoms with Gasteiger partial charge in [0.1, 0.15) is 11.5 Å². The van der Waals surface area contributed by atoms with Gasteiger partial charge in [-0.05, 0) is 30.3 Å². The Bertz CT molecular complexity index is 1000. The van der Waals surface area contributed by atoms with Crippen LogP contribution >= 0.6 is 11.3 Å². The lowest BCUT2D eigenvalue weighted by Gasteiger charge is -2.12. The average Bonchev–Trinajstić information content (AvgIpc) is 3.02. The zero-order valence-electron chi connectivity index (χ0n) is 15.0. The number of amides is 3. The van der Waals surface area contributed by atoms with Gasteiger partial charge in [0, 0.05) is 18.7 Å². The normalized spacial score (nSPS) is 10.3. The summed E-state index contributed by atoms with van der Waals surface area (Å²) in [5.41, 5.74) is 1.82. The number of rotatable bonds is 5. The summed E-state index contributed by atoms with van der Waals surface area (Å²) in [5, 5.41) is 8.67. The van der Waals surface area contributed by atoms with Crippen LogP contribution in [0.5, 0.6) is 11.5 Å². The van der Waals surface area contributed by atoms with E-state index in [0.29, 0.717) is 28.0 Å². The first-order valence-electron chi connectivity index (χ1n) is 7.96. The van der Waals surface area contributed by atoms with Crippen LogP contribution in [-0.2, 0) is 4.79 Å². The summed E-state index contributed by atoms with van der Waals surface area (Å²) in [6.07, 6.45) is 0. The summed E-state index contributed by atoms with van der Waals surface area (Å²) < 4.78 is 11.3. The number of fused-ring (bicyclic) bond motifs is 1. The summed E-state index contributed by atoms with van der Waals surface area (Å²) in [7, 11) is 3.07. The molecule has 0 saturated heterocycles. The van der Waals surface area contributed by atoms with E-state index >= 15 is 0 Å². The fraction of sp³-hybridized carbons (Fsp3) is 0.167. The molecule has 3 amide bonds. The maximum atomic E-state index is 12.3. The highest BCUT2D eigenvalue weighted by atomic mass is 32.1. The summed E-state index contributed by atoms with van der Waals surface area (Å²) in [6, 6.07) is 10.0. The van der Waals surface area contributed by atoms with E-state index in [0.717, 1.165) is 10.2 Å². The van der Waals surface area contributed by atoms with Crippen LogP contribution in [0.3, 0.4) is 0 Å². The van der Waals surface area contributed by atoms with Gasteiger partial charge in [0.25, 0.3) is 0 Å². The SMILES string of the molecule is COc1ccc(OC)c(NC(=O)Nc2ccc3nc(NC(C)=O)sc3c2)c1. The number of hydrogen-bond acceptors (Lipinski definition) is 6. The van der Waals surface area contributed by atoms with Crippen molar-refractivity contribution in [3.05, 3.63) is 36.4 Å². The Hall–Kier alpha value is -3.33. The molecule has 0 unspecified atom stereocenters. The van der Waals surface area contributed by atoms with Gasteiger partial charge in [0.05, 0.1) is 30.1 Å². The third-order valence-corrected chi connectivity index (χ3v) is 4.52. The quantitative estimate of drug-likeness (QED) is 0.617. The topological polar surface area (TPSA) is 102 Å². The molecule has 140 valence electrons. The molecular weight excluding hydrogens is 368 g/mol. The highest BCUT2D eigenvalue weighted by molar-refractivity contribution is 7.22.